The van der Waals surface area contributed by atoms with Gasteiger partial charge in [-0.2, -0.15) is 0 Å². The van der Waals surface area contributed by atoms with Gasteiger partial charge in [0, 0.05) is 12.1 Å². The summed E-state index contributed by atoms with van der Waals surface area (Å²) in [5, 5.41) is 3.43. The van der Waals surface area contributed by atoms with E-state index in [1.165, 1.54) is 12.0 Å². The molecule has 4 heteroatoms. The molecule has 2 aromatic rings. The Kier molecular flexibility index (Phi) is 1.73. The molecule has 1 aromatic carbocycles. The van der Waals surface area contributed by atoms with Crippen molar-refractivity contribution < 1.29 is 0 Å². The van der Waals surface area contributed by atoms with Crippen molar-refractivity contribution in [1.82, 2.24) is 15.3 Å². The molecule has 1 fully saturated rings. The predicted octanol–water partition coefficient (Wildman–Crippen LogP) is 1.28. The minimum Gasteiger partial charge on any atom is -0.307 e. The molecule has 2 atom stereocenters. The molecule has 3 N–H and O–H groups in total. The molecule has 0 aliphatic carbocycles. The van der Waals surface area contributed by atoms with Gasteiger partial charge in [0.25, 0.3) is 0 Å². The minimum absolute atomic E-state index is 0.142. The Hall–Kier alpha value is -1.55. The van der Waals surface area contributed by atoms with Gasteiger partial charge < -0.3 is 15.3 Å². The maximum Gasteiger partial charge on any atom is 0.323 e. The van der Waals surface area contributed by atoms with E-state index in [0.29, 0.717) is 12.1 Å². The number of imidazole rings is 1. The summed E-state index contributed by atoms with van der Waals surface area (Å²) in [6.07, 6.45) is 1.17. The normalized spacial score (nSPS) is 25.4. The first-order chi connectivity index (χ1) is 7.22. The van der Waals surface area contributed by atoms with Crippen molar-refractivity contribution in [3.8, 4) is 0 Å². The zero-order valence-corrected chi connectivity index (χ0v) is 8.50. The molecule has 0 amide bonds. The van der Waals surface area contributed by atoms with Gasteiger partial charge in [-0.15, -0.1) is 0 Å². The molecule has 3 rings (SSSR count). The van der Waals surface area contributed by atoms with E-state index in [1.54, 1.807) is 0 Å². The van der Waals surface area contributed by atoms with Gasteiger partial charge in [0.05, 0.1) is 11.0 Å². The second kappa shape index (κ2) is 2.97. The van der Waals surface area contributed by atoms with Crippen molar-refractivity contribution in [3.05, 3.63) is 34.2 Å². The highest BCUT2D eigenvalue weighted by atomic mass is 16.1. The smallest absolute Gasteiger partial charge is 0.307 e. The molecule has 0 radical (unpaired) electrons. The van der Waals surface area contributed by atoms with E-state index in [9.17, 15) is 4.79 Å². The fourth-order valence-electron chi connectivity index (χ4n) is 2.17. The van der Waals surface area contributed by atoms with Crippen LogP contribution >= 0.6 is 0 Å². The van der Waals surface area contributed by atoms with Crippen LogP contribution in [0.25, 0.3) is 11.0 Å². The Bertz CT molecular complexity index is 548. The lowest BCUT2D eigenvalue weighted by Crippen LogP contribution is -2.43. The van der Waals surface area contributed by atoms with E-state index in [0.717, 1.165) is 11.0 Å². The van der Waals surface area contributed by atoms with Crippen LogP contribution in [0.1, 0.15) is 24.9 Å². The van der Waals surface area contributed by atoms with Crippen LogP contribution in [0.3, 0.4) is 0 Å². The molecule has 0 bridgehead atoms. The van der Waals surface area contributed by atoms with E-state index in [4.69, 9.17) is 0 Å². The molecular formula is C11H13N3O. The topological polar surface area (TPSA) is 60.7 Å². The standard InChI is InChI=1S/C11H13N3O/c1-6-4-9(12-6)7-2-3-8-10(5-7)14-11(15)13-8/h2-3,5-6,9,12H,4H2,1H3,(H2,13,14,15). The summed E-state index contributed by atoms with van der Waals surface area (Å²) in [6.45, 7) is 2.17. The number of hydrogen-bond donors (Lipinski definition) is 3. The van der Waals surface area contributed by atoms with Crippen molar-refractivity contribution in [2.45, 2.75) is 25.4 Å². The van der Waals surface area contributed by atoms with Crippen LogP contribution in [0.4, 0.5) is 0 Å². The lowest BCUT2D eigenvalue weighted by atomic mass is 9.92. The lowest BCUT2D eigenvalue weighted by Gasteiger charge is -2.35. The zero-order valence-electron chi connectivity index (χ0n) is 8.50. The average molecular weight is 203 g/mol. The molecule has 2 heterocycles. The van der Waals surface area contributed by atoms with Gasteiger partial charge in [0.2, 0.25) is 0 Å². The average Bonchev–Trinajstić information content (AvgIpc) is 2.52. The summed E-state index contributed by atoms with van der Waals surface area (Å²) in [5.74, 6) is 0. The van der Waals surface area contributed by atoms with E-state index < -0.39 is 0 Å². The molecule has 78 valence electrons. The maximum atomic E-state index is 11.1. The fourth-order valence-corrected chi connectivity index (χ4v) is 2.17. The summed E-state index contributed by atoms with van der Waals surface area (Å²) in [5.41, 5.74) is 2.86. The molecular weight excluding hydrogens is 190 g/mol. The van der Waals surface area contributed by atoms with Crippen molar-refractivity contribution in [2.24, 2.45) is 0 Å². The Morgan fingerprint density at radius 2 is 2.00 bits per heavy atom. The summed E-state index contributed by atoms with van der Waals surface area (Å²) < 4.78 is 0. The number of fused-ring (bicyclic) bond motifs is 1. The van der Waals surface area contributed by atoms with Crippen molar-refractivity contribution in [2.75, 3.05) is 0 Å². The second-order valence-electron chi connectivity index (χ2n) is 4.24. The molecule has 15 heavy (non-hydrogen) atoms. The Morgan fingerprint density at radius 1 is 1.27 bits per heavy atom. The molecule has 1 aliphatic heterocycles. The van der Waals surface area contributed by atoms with Crippen LogP contribution in [-0.4, -0.2) is 16.0 Å². The van der Waals surface area contributed by atoms with Gasteiger partial charge in [0.15, 0.2) is 0 Å². The van der Waals surface area contributed by atoms with Crippen LogP contribution < -0.4 is 11.0 Å². The third-order valence-electron chi connectivity index (χ3n) is 3.02. The van der Waals surface area contributed by atoms with E-state index >= 15 is 0 Å². The number of hydrogen-bond acceptors (Lipinski definition) is 2. The number of H-pyrrole nitrogens is 2. The number of benzene rings is 1. The zero-order chi connectivity index (χ0) is 10.4. The van der Waals surface area contributed by atoms with Crippen LogP contribution in [0.2, 0.25) is 0 Å². The first kappa shape index (κ1) is 8.73. The molecule has 1 aliphatic rings. The van der Waals surface area contributed by atoms with E-state index in [1.807, 2.05) is 12.1 Å². The SMILES string of the molecule is CC1CC(c2ccc3[nH]c(=O)[nH]c3c2)N1. The van der Waals surface area contributed by atoms with E-state index in [2.05, 4.69) is 28.3 Å². The van der Waals surface area contributed by atoms with Crippen LogP contribution in [0.15, 0.2) is 23.0 Å². The van der Waals surface area contributed by atoms with Crippen LogP contribution in [-0.2, 0) is 0 Å². The van der Waals surface area contributed by atoms with Gasteiger partial charge in [-0.1, -0.05) is 6.07 Å². The van der Waals surface area contributed by atoms with Gasteiger partial charge in [0.1, 0.15) is 0 Å². The number of aromatic nitrogens is 2. The fraction of sp³-hybridized carbons (Fsp3) is 0.364. The lowest BCUT2D eigenvalue weighted by molar-refractivity contribution is 0.288. The summed E-state index contributed by atoms with van der Waals surface area (Å²) in [6, 6.07) is 7.11. The van der Waals surface area contributed by atoms with Crippen molar-refractivity contribution in [1.29, 1.82) is 0 Å². The highest BCUT2D eigenvalue weighted by molar-refractivity contribution is 5.75. The predicted molar refractivity (Wildman–Crippen MR) is 58.9 cm³/mol. The molecule has 1 saturated heterocycles. The van der Waals surface area contributed by atoms with Crippen molar-refractivity contribution in [3.63, 3.8) is 0 Å². The first-order valence-corrected chi connectivity index (χ1v) is 5.20. The first-order valence-electron chi connectivity index (χ1n) is 5.20. The number of nitrogens with one attached hydrogen (secondary N) is 3. The summed E-state index contributed by atoms with van der Waals surface area (Å²) >= 11 is 0. The van der Waals surface area contributed by atoms with Gasteiger partial charge >= 0.3 is 5.69 Å². The molecule has 4 nitrogen and oxygen atoms in total. The third kappa shape index (κ3) is 1.37. The largest absolute Gasteiger partial charge is 0.323 e. The van der Waals surface area contributed by atoms with Crippen LogP contribution in [0.5, 0.6) is 0 Å². The molecule has 2 unspecified atom stereocenters. The quantitative estimate of drug-likeness (QED) is 0.653. The minimum atomic E-state index is -0.142. The Morgan fingerprint density at radius 3 is 2.73 bits per heavy atom. The monoisotopic (exact) mass is 203 g/mol. The molecule has 0 spiro atoms. The Balaban J connectivity index is 2.02. The summed E-state index contributed by atoms with van der Waals surface area (Å²) in [7, 11) is 0. The van der Waals surface area contributed by atoms with Crippen molar-refractivity contribution >= 4 is 11.0 Å². The van der Waals surface area contributed by atoms with Gasteiger partial charge in [-0.3, -0.25) is 0 Å². The molecule has 0 saturated carbocycles. The number of aromatic amines is 2. The second-order valence-corrected chi connectivity index (χ2v) is 4.24. The number of rotatable bonds is 1. The van der Waals surface area contributed by atoms with Gasteiger partial charge in [-0.05, 0) is 31.0 Å². The third-order valence-corrected chi connectivity index (χ3v) is 3.02. The maximum absolute atomic E-state index is 11.1. The Labute approximate surface area is 86.7 Å². The van der Waals surface area contributed by atoms with Gasteiger partial charge in [-0.25, -0.2) is 4.79 Å². The van der Waals surface area contributed by atoms with Crippen LogP contribution in [0, 0.1) is 0 Å². The summed E-state index contributed by atoms with van der Waals surface area (Å²) in [4.78, 5) is 16.6. The highest BCUT2D eigenvalue weighted by Crippen LogP contribution is 2.28. The van der Waals surface area contributed by atoms with E-state index in [-0.39, 0.29) is 5.69 Å². The molecule has 1 aromatic heterocycles. The highest BCUT2D eigenvalue weighted by Gasteiger charge is 2.25.